The van der Waals surface area contributed by atoms with E-state index in [1.54, 1.807) is 13.8 Å². The molecule has 0 aromatic carbocycles. The molecule has 1 rings (SSSR count). The molecule has 1 aromatic rings. The highest BCUT2D eigenvalue weighted by molar-refractivity contribution is 5.88. The van der Waals surface area contributed by atoms with Crippen molar-refractivity contribution in [2.75, 3.05) is 5.32 Å². The number of anilines is 1. The normalized spacial score (nSPS) is 10.7. The molecule has 0 spiro atoms. The quantitative estimate of drug-likeness (QED) is 0.693. The number of amides is 2. The maximum Gasteiger partial charge on any atom is 0.322 e. The Morgan fingerprint density at radius 2 is 2.12 bits per heavy atom. The molecule has 92 valence electrons. The minimum Gasteiger partial charge on any atom is -0.481 e. The number of carbonyl (C=O) groups excluding carboxylic acids is 1. The van der Waals surface area contributed by atoms with E-state index in [2.05, 4.69) is 25.8 Å². The SMILES string of the molecule is CC(C)(CC(=O)O)NC(=O)Nc1nccnn1. The molecule has 0 radical (unpaired) electrons. The highest BCUT2D eigenvalue weighted by Crippen LogP contribution is 2.08. The molecule has 0 fully saturated rings. The van der Waals surface area contributed by atoms with Gasteiger partial charge in [0, 0.05) is 5.54 Å². The van der Waals surface area contributed by atoms with Crippen LogP contribution in [-0.2, 0) is 4.79 Å². The summed E-state index contributed by atoms with van der Waals surface area (Å²) in [6, 6.07) is -0.579. The van der Waals surface area contributed by atoms with Crippen molar-refractivity contribution in [2.24, 2.45) is 0 Å². The number of carboxylic acid groups (broad SMARTS) is 1. The molecule has 0 saturated heterocycles. The standard InChI is InChI=1S/C9H13N5O3/c1-9(2,5-6(15)16)13-8(17)12-7-10-3-4-11-14-7/h3-4H,5H2,1-2H3,(H,15,16)(H2,10,12,13,14,17). The molecular formula is C9H13N5O3. The maximum atomic E-state index is 11.5. The van der Waals surface area contributed by atoms with Crippen molar-refractivity contribution < 1.29 is 14.7 Å². The van der Waals surface area contributed by atoms with Crippen LogP contribution in [0.1, 0.15) is 20.3 Å². The van der Waals surface area contributed by atoms with Gasteiger partial charge in [-0.1, -0.05) is 0 Å². The summed E-state index contributed by atoms with van der Waals surface area (Å²) < 4.78 is 0. The number of hydrogen-bond acceptors (Lipinski definition) is 5. The fraction of sp³-hybridized carbons (Fsp3) is 0.444. The Labute approximate surface area is 97.5 Å². The van der Waals surface area contributed by atoms with Crippen molar-refractivity contribution in [1.29, 1.82) is 0 Å². The number of carboxylic acids is 1. The van der Waals surface area contributed by atoms with Crippen LogP contribution in [0, 0.1) is 0 Å². The molecule has 8 heteroatoms. The summed E-state index contributed by atoms with van der Waals surface area (Å²) in [6.07, 6.45) is 2.57. The van der Waals surface area contributed by atoms with Crippen LogP contribution in [0.25, 0.3) is 0 Å². The molecular weight excluding hydrogens is 226 g/mol. The lowest BCUT2D eigenvalue weighted by Gasteiger charge is -2.23. The molecule has 2 amide bonds. The maximum absolute atomic E-state index is 11.5. The minimum atomic E-state index is -0.993. The zero-order chi connectivity index (χ0) is 12.9. The first-order valence-corrected chi connectivity index (χ1v) is 4.84. The number of rotatable bonds is 4. The van der Waals surface area contributed by atoms with E-state index >= 15 is 0 Å². The topological polar surface area (TPSA) is 117 Å². The highest BCUT2D eigenvalue weighted by Gasteiger charge is 2.24. The number of carbonyl (C=O) groups is 2. The van der Waals surface area contributed by atoms with Gasteiger partial charge in [0.2, 0.25) is 0 Å². The summed E-state index contributed by atoms with van der Waals surface area (Å²) in [6.45, 7) is 3.20. The second-order valence-electron chi connectivity index (χ2n) is 4.00. The zero-order valence-corrected chi connectivity index (χ0v) is 9.47. The molecule has 3 N–H and O–H groups in total. The molecule has 0 atom stereocenters. The molecule has 0 unspecified atom stereocenters. The second kappa shape index (κ2) is 5.19. The van der Waals surface area contributed by atoms with Crippen molar-refractivity contribution in [3.05, 3.63) is 12.4 Å². The Balaban J connectivity index is 2.52. The zero-order valence-electron chi connectivity index (χ0n) is 9.47. The van der Waals surface area contributed by atoms with E-state index in [-0.39, 0.29) is 12.4 Å². The Kier molecular flexibility index (Phi) is 3.91. The van der Waals surface area contributed by atoms with Crippen LogP contribution >= 0.6 is 0 Å². The first-order chi connectivity index (χ1) is 7.89. The van der Waals surface area contributed by atoms with Crippen LogP contribution in [-0.4, -0.2) is 37.8 Å². The lowest BCUT2D eigenvalue weighted by atomic mass is 10.0. The Hall–Kier alpha value is -2.25. The summed E-state index contributed by atoms with van der Waals surface area (Å²) in [5, 5.41) is 20.6. The van der Waals surface area contributed by atoms with E-state index in [0.717, 1.165) is 0 Å². The lowest BCUT2D eigenvalue weighted by molar-refractivity contribution is -0.138. The number of nitrogens with one attached hydrogen (secondary N) is 2. The third kappa shape index (κ3) is 4.87. The highest BCUT2D eigenvalue weighted by atomic mass is 16.4. The van der Waals surface area contributed by atoms with E-state index in [1.807, 2.05) is 0 Å². The van der Waals surface area contributed by atoms with E-state index in [0.29, 0.717) is 0 Å². The summed E-state index contributed by atoms with van der Waals surface area (Å²) >= 11 is 0. The summed E-state index contributed by atoms with van der Waals surface area (Å²) in [5.41, 5.74) is -0.863. The summed E-state index contributed by atoms with van der Waals surface area (Å²) in [5.74, 6) is -0.941. The fourth-order valence-corrected chi connectivity index (χ4v) is 1.17. The van der Waals surface area contributed by atoms with Crippen molar-refractivity contribution in [3.8, 4) is 0 Å². The molecule has 0 aliphatic carbocycles. The van der Waals surface area contributed by atoms with Gasteiger partial charge in [-0.15, -0.1) is 5.10 Å². The Morgan fingerprint density at radius 1 is 1.41 bits per heavy atom. The van der Waals surface area contributed by atoms with E-state index < -0.39 is 17.5 Å². The molecule has 1 heterocycles. The van der Waals surface area contributed by atoms with Gasteiger partial charge >= 0.3 is 12.0 Å². The van der Waals surface area contributed by atoms with E-state index in [1.165, 1.54) is 12.4 Å². The first-order valence-electron chi connectivity index (χ1n) is 4.84. The van der Waals surface area contributed by atoms with E-state index in [4.69, 9.17) is 5.11 Å². The number of urea groups is 1. The monoisotopic (exact) mass is 239 g/mol. The van der Waals surface area contributed by atoms with Gasteiger partial charge in [0.05, 0.1) is 18.8 Å². The van der Waals surface area contributed by atoms with Gasteiger partial charge in [0.25, 0.3) is 5.95 Å². The van der Waals surface area contributed by atoms with Crippen molar-refractivity contribution >= 4 is 17.9 Å². The third-order valence-corrected chi connectivity index (χ3v) is 1.75. The van der Waals surface area contributed by atoms with Crippen LogP contribution in [0.5, 0.6) is 0 Å². The third-order valence-electron chi connectivity index (χ3n) is 1.75. The second-order valence-corrected chi connectivity index (χ2v) is 4.00. The molecule has 1 aromatic heterocycles. The number of aliphatic carboxylic acids is 1. The number of aromatic nitrogens is 3. The van der Waals surface area contributed by atoms with Crippen LogP contribution in [0.2, 0.25) is 0 Å². The predicted octanol–water partition coefficient (Wildman–Crippen LogP) is 0.246. The van der Waals surface area contributed by atoms with Crippen molar-refractivity contribution in [3.63, 3.8) is 0 Å². The van der Waals surface area contributed by atoms with Crippen LogP contribution in [0.4, 0.5) is 10.7 Å². The van der Waals surface area contributed by atoms with Crippen LogP contribution in [0.15, 0.2) is 12.4 Å². The van der Waals surface area contributed by atoms with Gasteiger partial charge < -0.3 is 10.4 Å². The van der Waals surface area contributed by atoms with Crippen molar-refractivity contribution in [2.45, 2.75) is 25.8 Å². The minimum absolute atomic E-state index is 0.0520. The van der Waals surface area contributed by atoms with Gasteiger partial charge in [-0.3, -0.25) is 10.1 Å². The largest absolute Gasteiger partial charge is 0.481 e. The van der Waals surface area contributed by atoms with E-state index in [9.17, 15) is 9.59 Å². The molecule has 17 heavy (non-hydrogen) atoms. The van der Waals surface area contributed by atoms with Crippen LogP contribution in [0.3, 0.4) is 0 Å². The van der Waals surface area contributed by atoms with Gasteiger partial charge in [-0.05, 0) is 13.8 Å². The molecule has 8 nitrogen and oxygen atoms in total. The average molecular weight is 239 g/mol. The molecule has 0 bridgehead atoms. The average Bonchev–Trinajstić information content (AvgIpc) is 2.15. The number of nitrogens with zero attached hydrogens (tertiary/aromatic N) is 3. The molecule has 0 aliphatic heterocycles. The fourth-order valence-electron chi connectivity index (χ4n) is 1.17. The van der Waals surface area contributed by atoms with Gasteiger partial charge in [0.15, 0.2) is 0 Å². The summed E-state index contributed by atoms with van der Waals surface area (Å²) in [4.78, 5) is 25.8. The van der Waals surface area contributed by atoms with Gasteiger partial charge in [0.1, 0.15) is 0 Å². The summed E-state index contributed by atoms with van der Waals surface area (Å²) in [7, 11) is 0. The van der Waals surface area contributed by atoms with Crippen molar-refractivity contribution in [1.82, 2.24) is 20.5 Å². The Morgan fingerprint density at radius 3 is 2.65 bits per heavy atom. The number of hydrogen-bond donors (Lipinski definition) is 3. The first kappa shape index (κ1) is 12.8. The molecule has 0 aliphatic rings. The van der Waals surface area contributed by atoms with Gasteiger partial charge in [-0.2, -0.15) is 5.10 Å². The Bertz CT molecular complexity index is 406. The smallest absolute Gasteiger partial charge is 0.322 e. The van der Waals surface area contributed by atoms with Crippen LogP contribution < -0.4 is 10.6 Å². The van der Waals surface area contributed by atoms with Gasteiger partial charge in [-0.25, -0.2) is 9.78 Å². The molecule has 0 saturated carbocycles. The lowest BCUT2D eigenvalue weighted by Crippen LogP contribution is -2.47. The predicted molar refractivity (Wildman–Crippen MR) is 58.3 cm³/mol.